The molecule has 1 fully saturated rings. The minimum absolute atomic E-state index is 0.0746. The van der Waals surface area contributed by atoms with Crippen LogP contribution in [0.5, 0.6) is 0 Å². The normalized spacial score (nSPS) is 17.0. The van der Waals surface area contributed by atoms with Gasteiger partial charge in [-0.3, -0.25) is 9.78 Å². The van der Waals surface area contributed by atoms with Crippen molar-refractivity contribution in [3.8, 4) is 11.4 Å². The molecule has 7 nitrogen and oxygen atoms in total. The highest BCUT2D eigenvalue weighted by atomic mass is 19.4. The molecule has 0 saturated carbocycles. The molecular weight excluding hydrogens is 454 g/mol. The molecule has 11 heteroatoms. The third-order valence-corrected chi connectivity index (χ3v) is 5.76. The van der Waals surface area contributed by atoms with E-state index in [2.05, 4.69) is 24.5 Å². The summed E-state index contributed by atoms with van der Waals surface area (Å²) in [7, 11) is 0. The average Bonchev–Trinajstić information content (AvgIpc) is 3.34. The van der Waals surface area contributed by atoms with Gasteiger partial charge in [0.2, 0.25) is 11.7 Å². The number of nitrogens with zero attached hydrogens (tertiary/aromatic N) is 5. The van der Waals surface area contributed by atoms with Crippen molar-refractivity contribution < 1.29 is 26.9 Å². The van der Waals surface area contributed by atoms with Gasteiger partial charge in [0.25, 0.3) is 0 Å². The van der Waals surface area contributed by atoms with Crippen molar-refractivity contribution in [2.45, 2.75) is 32.5 Å². The molecule has 1 unspecified atom stereocenters. The largest absolute Gasteiger partial charge is 0.471 e. The number of carbonyl (C=O) groups is 1. The van der Waals surface area contributed by atoms with Crippen molar-refractivity contribution in [2.75, 3.05) is 24.5 Å². The van der Waals surface area contributed by atoms with E-state index in [0.717, 1.165) is 25.9 Å². The quantitative estimate of drug-likeness (QED) is 0.485. The topological polar surface area (TPSA) is 75.4 Å². The predicted octanol–water partition coefficient (Wildman–Crippen LogP) is 4.55. The monoisotopic (exact) mass is 477 g/mol. The molecule has 1 aliphatic heterocycles. The van der Waals surface area contributed by atoms with Crippen molar-refractivity contribution in [3.63, 3.8) is 0 Å². The number of likely N-dealkylation sites (tertiary alicyclic amines) is 1. The van der Waals surface area contributed by atoms with E-state index < -0.39 is 17.9 Å². The molecule has 34 heavy (non-hydrogen) atoms. The number of alkyl halides is 3. The third kappa shape index (κ3) is 5.41. The number of amides is 1. The van der Waals surface area contributed by atoms with Gasteiger partial charge in [-0.25, -0.2) is 4.39 Å². The number of halogens is 4. The highest BCUT2D eigenvalue weighted by Gasteiger charge is 2.38. The lowest BCUT2D eigenvalue weighted by Gasteiger charge is -2.34. The minimum Gasteiger partial charge on any atom is -0.329 e. The zero-order valence-corrected chi connectivity index (χ0v) is 18.4. The number of hydrogen-bond donors (Lipinski definition) is 0. The molecule has 1 saturated heterocycles. The first-order chi connectivity index (χ1) is 16.2. The predicted molar refractivity (Wildman–Crippen MR) is 115 cm³/mol. The second kappa shape index (κ2) is 9.88. The van der Waals surface area contributed by atoms with E-state index in [1.165, 1.54) is 35.4 Å². The van der Waals surface area contributed by atoms with Gasteiger partial charge in [0.05, 0.1) is 18.2 Å². The van der Waals surface area contributed by atoms with Crippen LogP contribution in [0.15, 0.2) is 47.1 Å². The zero-order chi connectivity index (χ0) is 24.3. The van der Waals surface area contributed by atoms with Gasteiger partial charge in [0, 0.05) is 24.0 Å². The van der Waals surface area contributed by atoms with Crippen LogP contribution in [0, 0.1) is 11.7 Å². The summed E-state index contributed by atoms with van der Waals surface area (Å²) in [5.41, 5.74) is 1.12. The summed E-state index contributed by atoms with van der Waals surface area (Å²) < 4.78 is 56.3. The molecule has 180 valence electrons. The molecular formula is C23H23F4N5O2. The number of aromatic nitrogens is 3. The van der Waals surface area contributed by atoms with E-state index >= 15 is 0 Å². The molecule has 0 aliphatic carbocycles. The van der Waals surface area contributed by atoms with Crippen LogP contribution >= 0.6 is 0 Å². The van der Waals surface area contributed by atoms with Crippen molar-refractivity contribution in [1.29, 1.82) is 0 Å². The van der Waals surface area contributed by atoms with Crippen LogP contribution in [0.2, 0.25) is 0 Å². The van der Waals surface area contributed by atoms with Gasteiger partial charge in [-0.05, 0) is 56.3 Å². The molecule has 3 aromatic rings. The van der Waals surface area contributed by atoms with E-state index in [0.29, 0.717) is 17.9 Å². The highest BCUT2D eigenvalue weighted by molar-refractivity contribution is 5.95. The molecule has 2 aromatic heterocycles. The average molecular weight is 477 g/mol. The summed E-state index contributed by atoms with van der Waals surface area (Å²) in [4.78, 5) is 24.8. The first-order valence-corrected chi connectivity index (χ1v) is 10.9. The number of benzene rings is 1. The molecule has 0 radical (unpaired) electrons. The molecule has 0 bridgehead atoms. The van der Waals surface area contributed by atoms with Gasteiger partial charge in [0.1, 0.15) is 5.82 Å². The molecule has 1 aromatic carbocycles. The van der Waals surface area contributed by atoms with E-state index in [1.54, 1.807) is 12.1 Å². The van der Waals surface area contributed by atoms with Crippen LogP contribution in [-0.2, 0) is 17.5 Å². The fourth-order valence-corrected chi connectivity index (χ4v) is 3.97. The Morgan fingerprint density at radius 3 is 2.74 bits per heavy atom. The van der Waals surface area contributed by atoms with Crippen LogP contribution in [0.3, 0.4) is 0 Å². The standard InChI is InChI=1S/C23H23F4N5O2/c1-2-31-10-4-5-16(13-31)21(33)32(19-7-3-6-17(24)11-19)14-18-9-8-15(12-28-18)20-29-22(34-30-20)23(25,26)27/h3,6-9,11-12,16H,2,4-5,10,13-14H2,1H3. The fraction of sp³-hybridized carbons (Fsp3) is 0.391. The lowest BCUT2D eigenvalue weighted by molar-refractivity contribution is -0.159. The summed E-state index contributed by atoms with van der Waals surface area (Å²) in [5, 5.41) is 3.35. The molecule has 1 amide bonds. The molecule has 4 rings (SSSR count). The number of carbonyl (C=O) groups excluding carboxylic acids is 1. The number of hydrogen-bond acceptors (Lipinski definition) is 6. The minimum atomic E-state index is -4.74. The SMILES string of the molecule is CCN1CCCC(C(=O)N(Cc2ccc(-c3noc(C(F)(F)F)n3)cn2)c2cccc(F)c2)C1. The number of piperidine rings is 1. The van der Waals surface area contributed by atoms with E-state index in [1.807, 2.05) is 6.92 Å². The van der Waals surface area contributed by atoms with Gasteiger partial charge in [0.15, 0.2) is 0 Å². The molecule has 1 atom stereocenters. The van der Waals surface area contributed by atoms with Crippen molar-refractivity contribution in [1.82, 2.24) is 20.0 Å². The Labute approximate surface area is 193 Å². The van der Waals surface area contributed by atoms with Crippen LogP contribution < -0.4 is 4.90 Å². The zero-order valence-electron chi connectivity index (χ0n) is 18.4. The third-order valence-electron chi connectivity index (χ3n) is 5.76. The highest BCUT2D eigenvalue weighted by Crippen LogP contribution is 2.29. The summed E-state index contributed by atoms with van der Waals surface area (Å²) >= 11 is 0. The van der Waals surface area contributed by atoms with E-state index in [4.69, 9.17) is 0 Å². The Bertz CT molecular complexity index is 1130. The first kappa shape index (κ1) is 23.8. The second-order valence-electron chi connectivity index (χ2n) is 8.10. The summed E-state index contributed by atoms with van der Waals surface area (Å²) in [6, 6.07) is 8.87. The van der Waals surface area contributed by atoms with Crippen LogP contribution in [0.1, 0.15) is 31.4 Å². The Morgan fingerprint density at radius 2 is 2.09 bits per heavy atom. The second-order valence-corrected chi connectivity index (χ2v) is 8.10. The first-order valence-electron chi connectivity index (χ1n) is 10.9. The molecule has 0 spiro atoms. The van der Waals surface area contributed by atoms with Gasteiger partial charge >= 0.3 is 12.1 Å². The Hall–Kier alpha value is -3.34. The summed E-state index contributed by atoms with van der Waals surface area (Å²) in [5.74, 6) is -2.50. The van der Waals surface area contributed by atoms with Crippen LogP contribution in [0.4, 0.5) is 23.2 Å². The Morgan fingerprint density at radius 1 is 1.26 bits per heavy atom. The van der Waals surface area contributed by atoms with E-state index in [9.17, 15) is 22.4 Å². The van der Waals surface area contributed by atoms with Gasteiger partial charge < -0.3 is 14.3 Å². The maximum Gasteiger partial charge on any atom is 0.471 e. The van der Waals surface area contributed by atoms with Crippen molar-refractivity contribution in [2.24, 2.45) is 5.92 Å². The molecule has 1 aliphatic rings. The lowest BCUT2D eigenvalue weighted by Crippen LogP contribution is -2.44. The van der Waals surface area contributed by atoms with Crippen LogP contribution in [0.25, 0.3) is 11.4 Å². The van der Waals surface area contributed by atoms with Crippen molar-refractivity contribution >= 4 is 11.6 Å². The maximum absolute atomic E-state index is 14.0. The smallest absolute Gasteiger partial charge is 0.329 e. The Balaban J connectivity index is 1.56. The van der Waals surface area contributed by atoms with Gasteiger partial charge in [-0.2, -0.15) is 18.2 Å². The van der Waals surface area contributed by atoms with E-state index in [-0.39, 0.29) is 29.8 Å². The van der Waals surface area contributed by atoms with Gasteiger partial charge in [-0.1, -0.05) is 18.1 Å². The molecule has 3 heterocycles. The van der Waals surface area contributed by atoms with Gasteiger partial charge in [-0.15, -0.1) is 0 Å². The summed E-state index contributed by atoms with van der Waals surface area (Å²) in [6.45, 7) is 4.54. The molecule has 0 N–H and O–H groups in total. The number of pyridine rings is 1. The van der Waals surface area contributed by atoms with Crippen molar-refractivity contribution in [3.05, 3.63) is 60.0 Å². The Kier molecular flexibility index (Phi) is 6.92. The lowest BCUT2D eigenvalue weighted by atomic mass is 9.96. The fourth-order valence-electron chi connectivity index (χ4n) is 3.97. The number of rotatable bonds is 6. The number of anilines is 1. The summed E-state index contributed by atoms with van der Waals surface area (Å²) in [6.07, 6.45) is -1.78. The van der Waals surface area contributed by atoms with Crippen LogP contribution in [-0.4, -0.2) is 45.6 Å². The maximum atomic E-state index is 14.0.